The number of nitrogens with zero attached hydrogens (tertiary/aromatic N) is 1. The molecule has 2 unspecified atom stereocenters. The van der Waals surface area contributed by atoms with Gasteiger partial charge in [0.15, 0.2) is 0 Å². The average Bonchev–Trinajstić information content (AvgIpc) is 3.05. The van der Waals surface area contributed by atoms with Crippen LogP contribution in [-0.4, -0.2) is 50.5 Å². The normalized spacial score (nSPS) is 23.0. The molecule has 0 spiro atoms. The molecule has 2 aromatic rings. The monoisotopic (exact) mass is 430 g/mol. The Balaban J connectivity index is 0.00000210. The minimum absolute atomic E-state index is 0. The Labute approximate surface area is 169 Å². The zero-order valence-electron chi connectivity index (χ0n) is 15.0. The van der Waals surface area contributed by atoms with Crippen molar-refractivity contribution < 1.29 is 17.9 Å². The summed E-state index contributed by atoms with van der Waals surface area (Å²) in [5.74, 6) is -0.368. The van der Waals surface area contributed by atoms with Crippen LogP contribution in [0.4, 0.5) is 0 Å². The summed E-state index contributed by atoms with van der Waals surface area (Å²) >= 11 is 1.32. The molecule has 0 amide bonds. The van der Waals surface area contributed by atoms with Gasteiger partial charge in [0.2, 0.25) is 10.0 Å². The molecule has 1 N–H and O–H groups in total. The number of hydrogen-bond donors (Lipinski definition) is 1. The molecule has 2 atom stereocenters. The molecule has 27 heavy (non-hydrogen) atoms. The van der Waals surface area contributed by atoms with Gasteiger partial charge in [-0.25, -0.2) is 13.2 Å². The van der Waals surface area contributed by atoms with Crippen LogP contribution < -0.4 is 5.32 Å². The summed E-state index contributed by atoms with van der Waals surface area (Å²) in [6.07, 6.45) is 3.21. The van der Waals surface area contributed by atoms with Crippen LogP contribution >= 0.6 is 23.7 Å². The van der Waals surface area contributed by atoms with E-state index < -0.39 is 10.0 Å². The number of carbonyl (C=O) groups excluding carboxylic acids is 1. The van der Waals surface area contributed by atoms with Crippen molar-refractivity contribution in [2.24, 2.45) is 0 Å². The number of piperazine rings is 1. The van der Waals surface area contributed by atoms with Crippen molar-refractivity contribution in [1.82, 2.24) is 9.62 Å². The quantitative estimate of drug-likeness (QED) is 0.754. The fourth-order valence-electron chi connectivity index (χ4n) is 3.79. The molecule has 6 nitrogen and oxygen atoms in total. The van der Waals surface area contributed by atoms with Crippen LogP contribution in [0.3, 0.4) is 0 Å². The van der Waals surface area contributed by atoms with E-state index >= 15 is 0 Å². The highest BCUT2D eigenvalue weighted by Gasteiger charge is 2.36. The van der Waals surface area contributed by atoms with E-state index in [9.17, 15) is 13.2 Å². The third kappa shape index (κ3) is 4.00. The lowest BCUT2D eigenvalue weighted by atomic mass is 9.96. The molecule has 0 radical (unpaired) electrons. The highest BCUT2D eigenvalue weighted by atomic mass is 35.5. The number of benzene rings is 1. The highest BCUT2D eigenvalue weighted by Crippen LogP contribution is 2.31. The van der Waals surface area contributed by atoms with Crippen LogP contribution in [0.5, 0.6) is 0 Å². The first-order valence-electron chi connectivity index (χ1n) is 8.94. The molecule has 2 saturated heterocycles. The molecule has 2 aliphatic heterocycles. The maximum absolute atomic E-state index is 13.1. The number of sulfonamides is 1. The van der Waals surface area contributed by atoms with Gasteiger partial charge in [0.05, 0.1) is 11.5 Å². The van der Waals surface area contributed by atoms with Gasteiger partial charge in [0.25, 0.3) is 0 Å². The first-order valence-corrected chi connectivity index (χ1v) is 11.2. The predicted octanol–water partition coefficient (Wildman–Crippen LogP) is 3.01. The number of ether oxygens (including phenoxy) is 1. The number of carbonyl (C=O) groups is 1. The Morgan fingerprint density at radius 3 is 2.63 bits per heavy atom. The van der Waals surface area contributed by atoms with Gasteiger partial charge in [0.1, 0.15) is 4.88 Å². The van der Waals surface area contributed by atoms with Crippen molar-refractivity contribution in [3.63, 3.8) is 0 Å². The fraction of sp³-hybridized carbons (Fsp3) is 0.500. The summed E-state index contributed by atoms with van der Waals surface area (Å²) in [6.45, 7) is 3.12. The topological polar surface area (TPSA) is 75.7 Å². The van der Waals surface area contributed by atoms with Gasteiger partial charge in [-0.2, -0.15) is 4.31 Å². The van der Waals surface area contributed by atoms with Gasteiger partial charge >= 0.3 is 5.97 Å². The Bertz CT molecular complexity index is 932. The number of esters is 1. The predicted molar refractivity (Wildman–Crippen MR) is 108 cm³/mol. The number of fused-ring (bicyclic) bond motifs is 3. The van der Waals surface area contributed by atoms with Gasteiger partial charge in [-0.15, -0.1) is 23.7 Å². The van der Waals surface area contributed by atoms with Crippen molar-refractivity contribution in [3.8, 4) is 0 Å². The second-order valence-corrected chi connectivity index (χ2v) is 9.87. The van der Waals surface area contributed by atoms with Crippen LogP contribution in [0.15, 0.2) is 29.2 Å². The van der Waals surface area contributed by atoms with Crippen molar-refractivity contribution in [2.45, 2.75) is 43.2 Å². The summed E-state index contributed by atoms with van der Waals surface area (Å²) < 4.78 is 33.7. The van der Waals surface area contributed by atoms with E-state index in [4.69, 9.17) is 4.74 Å². The average molecular weight is 431 g/mol. The van der Waals surface area contributed by atoms with E-state index in [1.165, 1.54) is 11.3 Å². The molecule has 1 aromatic heterocycles. The second-order valence-electron chi connectivity index (χ2n) is 6.84. The molecule has 2 aliphatic rings. The van der Waals surface area contributed by atoms with Crippen LogP contribution in [0.25, 0.3) is 10.1 Å². The molecule has 2 bridgehead atoms. The Hall–Kier alpha value is -1.19. The second kappa shape index (κ2) is 8.05. The molecule has 9 heteroatoms. The molecule has 3 heterocycles. The number of thiophene rings is 1. The first-order chi connectivity index (χ1) is 12.5. The third-order valence-corrected chi connectivity index (χ3v) is 7.95. The van der Waals surface area contributed by atoms with E-state index in [-0.39, 0.29) is 35.4 Å². The largest absolute Gasteiger partial charge is 0.462 e. The summed E-state index contributed by atoms with van der Waals surface area (Å²) in [5.41, 5.74) is 0. The van der Waals surface area contributed by atoms with Gasteiger partial charge in [-0.05, 0) is 49.4 Å². The lowest BCUT2D eigenvalue weighted by Gasteiger charge is -2.41. The molecular weight excluding hydrogens is 408 g/mol. The smallest absolute Gasteiger partial charge is 0.348 e. The fourth-order valence-corrected chi connectivity index (χ4v) is 6.30. The molecule has 1 aromatic carbocycles. The summed E-state index contributed by atoms with van der Waals surface area (Å²) in [5, 5.41) is 4.27. The van der Waals surface area contributed by atoms with E-state index in [1.807, 2.05) is 0 Å². The molecule has 4 rings (SSSR count). The number of piperidine rings is 1. The maximum atomic E-state index is 13.1. The Kier molecular flexibility index (Phi) is 6.12. The summed E-state index contributed by atoms with van der Waals surface area (Å²) in [6, 6.07) is 7.29. The Morgan fingerprint density at radius 1 is 1.26 bits per heavy atom. The Morgan fingerprint density at radius 2 is 1.96 bits per heavy atom. The van der Waals surface area contributed by atoms with Crippen molar-refractivity contribution >= 4 is 49.8 Å². The van der Waals surface area contributed by atoms with E-state index in [1.54, 1.807) is 35.5 Å². The van der Waals surface area contributed by atoms with E-state index in [0.29, 0.717) is 24.6 Å². The SMILES string of the molecule is CCOC(=O)c1cc2cc(S(=O)(=O)N3CC4CCCC(C3)N4)ccc2s1.Cl. The molecular formula is C18H23ClN2O4S2. The van der Waals surface area contributed by atoms with Crippen LogP contribution in [0, 0.1) is 0 Å². The van der Waals surface area contributed by atoms with Crippen molar-refractivity contribution in [3.05, 3.63) is 29.1 Å². The number of halogens is 1. The minimum atomic E-state index is -3.53. The van der Waals surface area contributed by atoms with Crippen LogP contribution in [0.2, 0.25) is 0 Å². The van der Waals surface area contributed by atoms with Gasteiger partial charge in [-0.1, -0.05) is 6.42 Å². The first kappa shape index (κ1) is 20.5. The lowest BCUT2D eigenvalue weighted by molar-refractivity contribution is 0.0532. The maximum Gasteiger partial charge on any atom is 0.348 e. The zero-order chi connectivity index (χ0) is 18.3. The van der Waals surface area contributed by atoms with Crippen LogP contribution in [0.1, 0.15) is 35.9 Å². The number of nitrogens with one attached hydrogen (secondary N) is 1. The summed E-state index contributed by atoms with van der Waals surface area (Å²) in [7, 11) is -3.53. The standard InChI is InChI=1S/C18H22N2O4S2.ClH/c1-2-24-18(21)17-9-12-8-15(6-7-16(12)25-17)26(22,23)20-10-13-4-3-5-14(11-20)19-13;/h6-9,13-14,19H,2-5,10-11H2,1H3;1H. The minimum Gasteiger partial charge on any atom is -0.462 e. The van der Waals surface area contributed by atoms with Gasteiger partial charge in [0, 0.05) is 29.9 Å². The third-order valence-electron chi connectivity index (χ3n) is 5.03. The number of hydrogen-bond acceptors (Lipinski definition) is 6. The molecule has 0 aliphatic carbocycles. The highest BCUT2D eigenvalue weighted by molar-refractivity contribution is 7.89. The van der Waals surface area contributed by atoms with Gasteiger partial charge < -0.3 is 10.1 Å². The molecule has 0 saturated carbocycles. The van der Waals surface area contributed by atoms with Gasteiger partial charge in [-0.3, -0.25) is 0 Å². The molecule has 2 fully saturated rings. The van der Waals surface area contributed by atoms with Crippen LogP contribution in [-0.2, 0) is 14.8 Å². The lowest BCUT2D eigenvalue weighted by Crippen LogP contribution is -2.59. The van der Waals surface area contributed by atoms with Crippen molar-refractivity contribution in [1.29, 1.82) is 0 Å². The van der Waals surface area contributed by atoms with Crippen molar-refractivity contribution in [2.75, 3.05) is 19.7 Å². The molecule has 148 valence electrons. The van der Waals surface area contributed by atoms with E-state index in [2.05, 4.69) is 5.32 Å². The number of rotatable bonds is 4. The zero-order valence-corrected chi connectivity index (χ0v) is 17.5. The summed E-state index contributed by atoms with van der Waals surface area (Å²) in [4.78, 5) is 12.7. The van der Waals surface area contributed by atoms with E-state index in [0.717, 1.165) is 29.3 Å².